The minimum absolute atomic E-state index is 0.0540. The Balaban J connectivity index is 1.60. The molecule has 0 saturated carbocycles. The molecule has 2 aliphatic heterocycles. The van der Waals surface area contributed by atoms with Crippen LogP contribution < -0.4 is 0 Å². The number of aliphatic hydroxyl groups excluding tert-OH is 1. The summed E-state index contributed by atoms with van der Waals surface area (Å²) >= 11 is 0. The Kier molecular flexibility index (Phi) is 5.22. The monoisotopic (exact) mass is 243 g/mol. The van der Waals surface area contributed by atoms with Gasteiger partial charge in [-0.15, -0.1) is 0 Å². The highest BCUT2D eigenvalue weighted by atomic mass is 16.5. The van der Waals surface area contributed by atoms with E-state index in [2.05, 4.69) is 4.90 Å². The maximum atomic E-state index is 9.71. The molecule has 0 spiro atoms. The molecule has 0 amide bonds. The fourth-order valence-corrected chi connectivity index (χ4v) is 3.20. The fourth-order valence-electron chi connectivity index (χ4n) is 3.20. The van der Waals surface area contributed by atoms with Gasteiger partial charge in [-0.25, -0.2) is 0 Å². The van der Waals surface area contributed by atoms with Gasteiger partial charge in [0.25, 0.3) is 0 Å². The van der Waals surface area contributed by atoms with E-state index in [0.717, 1.165) is 32.4 Å². The van der Waals surface area contributed by atoms with Crippen LogP contribution in [0.5, 0.6) is 0 Å². The zero-order chi connectivity index (χ0) is 12.1. The third-order valence-electron chi connectivity index (χ3n) is 4.00. The SMILES string of the molecule is COCCOCCCN1C2CCC1CC(O)C2. The van der Waals surface area contributed by atoms with Gasteiger partial charge in [-0.3, -0.25) is 4.90 Å². The molecule has 0 aromatic heterocycles. The minimum atomic E-state index is -0.0540. The number of piperidine rings is 1. The summed E-state index contributed by atoms with van der Waals surface area (Å²) in [4.78, 5) is 2.59. The average molecular weight is 243 g/mol. The number of nitrogens with zero attached hydrogens (tertiary/aromatic N) is 1. The van der Waals surface area contributed by atoms with Gasteiger partial charge < -0.3 is 14.6 Å². The average Bonchev–Trinajstić information content (AvgIpc) is 2.56. The van der Waals surface area contributed by atoms with Crippen molar-refractivity contribution in [3.05, 3.63) is 0 Å². The maximum absolute atomic E-state index is 9.71. The largest absolute Gasteiger partial charge is 0.393 e. The van der Waals surface area contributed by atoms with Crippen molar-refractivity contribution in [3.8, 4) is 0 Å². The van der Waals surface area contributed by atoms with E-state index in [1.807, 2.05) is 0 Å². The van der Waals surface area contributed by atoms with E-state index >= 15 is 0 Å². The summed E-state index contributed by atoms with van der Waals surface area (Å²) in [6.07, 6.45) is 5.52. The van der Waals surface area contributed by atoms with Crippen molar-refractivity contribution in [1.29, 1.82) is 0 Å². The Morgan fingerprint density at radius 2 is 1.82 bits per heavy atom. The number of fused-ring (bicyclic) bond motifs is 2. The van der Waals surface area contributed by atoms with E-state index in [1.54, 1.807) is 7.11 Å². The summed E-state index contributed by atoms with van der Waals surface area (Å²) in [6.45, 7) is 3.32. The lowest BCUT2D eigenvalue weighted by molar-refractivity contribution is 0.0246. The Bertz CT molecular complexity index is 211. The Morgan fingerprint density at radius 1 is 1.12 bits per heavy atom. The minimum Gasteiger partial charge on any atom is -0.393 e. The molecule has 2 rings (SSSR count). The Morgan fingerprint density at radius 3 is 2.47 bits per heavy atom. The summed E-state index contributed by atoms with van der Waals surface area (Å²) < 4.78 is 10.4. The van der Waals surface area contributed by atoms with Crippen LogP contribution in [0.25, 0.3) is 0 Å². The highest BCUT2D eigenvalue weighted by molar-refractivity contribution is 4.94. The van der Waals surface area contributed by atoms with Crippen molar-refractivity contribution >= 4 is 0 Å². The number of aliphatic hydroxyl groups is 1. The van der Waals surface area contributed by atoms with Gasteiger partial charge in [-0.1, -0.05) is 0 Å². The van der Waals surface area contributed by atoms with Crippen molar-refractivity contribution < 1.29 is 14.6 Å². The summed E-state index contributed by atoms with van der Waals surface area (Å²) in [5.74, 6) is 0. The second-order valence-electron chi connectivity index (χ2n) is 5.21. The van der Waals surface area contributed by atoms with Crippen LogP contribution >= 0.6 is 0 Å². The molecule has 2 heterocycles. The second-order valence-corrected chi connectivity index (χ2v) is 5.21. The summed E-state index contributed by atoms with van der Waals surface area (Å²) in [5, 5.41) is 9.71. The normalized spacial score (nSPS) is 33.2. The van der Waals surface area contributed by atoms with Gasteiger partial charge in [0.15, 0.2) is 0 Å². The summed E-state index contributed by atoms with van der Waals surface area (Å²) in [6, 6.07) is 1.26. The van der Waals surface area contributed by atoms with E-state index in [-0.39, 0.29) is 6.10 Å². The van der Waals surface area contributed by atoms with Gasteiger partial charge in [-0.2, -0.15) is 0 Å². The molecule has 1 N–H and O–H groups in total. The molecule has 100 valence electrons. The highest BCUT2D eigenvalue weighted by Gasteiger charge is 2.39. The molecule has 0 radical (unpaired) electrons. The van der Waals surface area contributed by atoms with Crippen LogP contribution in [0.15, 0.2) is 0 Å². The first-order valence-electron chi connectivity index (χ1n) is 6.81. The maximum Gasteiger partial charge on any atom is 0.0700 e. The molecule has 2 aliphatic rings. The number of hydrogen-bond donors (Lipinski definition) is 1. The Labute approximate surface area is 104 Å². The second kappa shape index (κ2) is 6.69. The lowest BCUT2D eigenvalue weighted by atomic mass is 10.00. The number of rotatable bonds is 7. The van der Waals surface area contributed by atoms with Crippen molar-refractivity contribution in [2.24, 2.45) is 0 Å². The van der Waals surface area contributed by atoms with Crippen LogP contribution in [0.1, 0.15) is 32.1 Å². The van der Waals surface area contributed by atoms with E-state index in [0.29, 0.717) is 25.3 Å². The molecule has 2 bridgehead atoms. The van der Waals surface area contributed by atoms with Crippen LogP contribution in [0.2, 0.25) is 0 Å². The standard InChI is InChI=1S/C13H25NO3/c1-16-7-8-17-6-2-5-14-11-3-4-12(14)10-13(15)9-11/h11-13,15H,2-10H2,1H3. The van der Waals surface area contributed by atoms with Crippen molar-refractivity contribution in [1.82, 2.24) is 4.90 Å². The van der Waals surface area contributed by atoms with Crippen molar-refractivity contribution in [3.63, 3.8) is 0 Å². The first-order chi connectivity index (χ1) is 8.31. The number of methoxy groups -OCH3 is 1. The van der Waals surface area contributed by atoms with E-state index in [1.165, 1.54) is 12.8 Å². The van der Waals surface area contributed by atoms with E-state index < -0.39 is 0 Å². The Hall–Kier alpha value is -0.160. The van der Waals surface area contributed by atoms with Crippen LogP contribution in [-0.4, -0.2) is 61.7 Å². The molecule has 2 saturated heterocycles. The van der Waals surface area contributed by atoms with Gasteiger partial charge >= 0.3 is 0 Å². The molecule has 0 aromatic carbocycles. The van der Waals surface area contributed by atoms with Gasteiger partial charge in [0.2, 0.25) is 0 Å². The molecule has 0 aromatic rings. The van der Waals surface area contributed by atoms with Crippen molar-refractivity contribution in [2.45, 2.75) is 50.3 Å². The fraction of sp³-hybridized carbons (Fsp3) is 1.00. The molecular weight excluding hydrogens is 218 g/mol. The predicted molar refractivity (Wildman–Crippen MR) is 66.1 cm³/mol. The lowest BCUT2D eigenvalue weighted by Crippen LogP contribution is -2.45. The zero-order valence-corrected chi connectivity index (χ0v) is 10.8. The van der Waals surface area contributed by atoms with Crippen LogP contribution in [0, 0.1) is 0 Å². The highest BCUT2D eigenvalue weighted by Crippen LogP contribution is 2.35. The lowest BCUT2D eigenvalue weighted by Gasteiger charge is -2.37. The first-order valence-corrected chi connectivity index (χ1v) is 6.81. The number of ether oxygens (including phenoxy) is 2. The van der Waals surface area contributed by atoms with Gasteiger partial charge in [-0.05, 0) is 32.1 Å². The molecule has 4 heteroatoms. The van der Waals surface area contributed by atoms with Crippen molar-refractivity contribution in [2.75, 3.05) is 33.5 Å². The molecule has 2 atom stereocenters. The van der Waals surface area contributed by atoms with Crippen LogP contribution in [0.4, 0.5) is 0 Å². The molecule has 17 heavy (non-hydrogen) atoms. The summed E-state index contributed by atoms with van der Waals surface area (Å²) in [5.41, 5.74) is 0. The van der Waals surface area contributed by atoms with Gasteiger partial charge in [0.1, 0.15) is 0 Å². The topological polar surface area (TPSA) is 41.9 Å². The molecule has 2 unspecified atom stereocenters. The third-order valence-corrected chi connectivity index (χ3v) is 4.00. The first kappa shape index (κ1) is 13.3. The van der Waals surface area contributed by atoms with E-state index in [9.17, 15) is 5.11 Å². The molecular formula is C13H25NO3. The summed E-state index contributed by atoms with van der Waals surface area (Å²) in [7, 11) is 1.69. The molecule has 2 fully saturated rings. The zero-order valence-electron chi connectivity index (χ0n) is 10.8. The smallest absolute Gasteiger partial charge is 0.0700 e. The molecule has 0 aliphatic carbocycles. The number of hydrogen-bond acceptors (Lipinski definition) is 4. The van der Waals surface area contributed by atoms with Crippen LogP contribution in [0.3, 0.4) is 0 Å². The van der Waals surface area contributed by atoms with E-state index in [4.69, 9.17) is 9.47 Å². The van der Waals surface area contributed by atoms with Gasteiger partial charge in [0.05, 0.1) is 19.3 Å². The quantitative estimate of drug-likeness (QED) is 0.678. The third kappa shape index (κ3) is 3.65. The molecule has 4 nitrogen and oxygen atoms in total. The van der Waals surface area contributed by atoms with Crippen LogP contribution in [-0.2, 0) is 9.47 Å². The van der Waals surface area contributed by atoms with Gasteiger partial charge in [0, 0.05) is 32.3 Å². The predicted octanol–water partition coefficient (Wildman–Crippen LogP) is 1.03.